The Morgan fingerprint density at radius 1 is 1.00 bits per heavy atom. The van der Waals surface area contributed by atoms with Crippen LogP contribution < -0.4 is 0 Å². The number of fused-ring (bicyclic) bond motifs is 3. The number of hydrogen-bond donors (Lipinski definition) is 0. The van der Waals surface area contributed by atoms with E-state index in [0.717, 1.165) is 16.8 Å². The summed E-state index contributed by atoms with van der Waals surface area (Å²) in [7, 11) is 0. The Labute approximate surface area is 109 Å². The third-order valence-electron chi connectivity index (χ3n) is 3.09. The maximum absolute atomic E-state index is 11.2. The van der Waals surface area contributed by atoms with Crippen LogP contribution >= 0.6 is 0 Å². The molecule has 0 atom stereocenters. The van der Waals surface area contributed by atoms with Gasteiger partial charge in [0, 0.05) is 22.8 Å². The Balaban J connectivity index is 2.58. The first kappa shape index (κ1) is 11.5. The van der Waals surface area contributed by atoms with Gasteiger partial charge in [-0.3, -0.25) is 20.1 Å². The van der Waals surface area contributed by atoms with Crippen molar-refractivity contribution in [2.45, 2.75) is 13.8 Å². The predicted octanol–water partition coefficient (Wildman–Crippen LogP) is 3.31. The lowest BCUT2D eigenvalue weighted by atomic mass is 10.1. The highest BCUT2D eigenvalue weighted by Crippen LogP contribution is 2.31. The molecular weight excluding hydrogens is 242 g/mol. The van der Waals surface area contributed by atoms with Crippen LogP contribution in [0, 0.1) is 24.0 Å². The molecule has 5 heteroatoms. The van der Waals surface area contributed by atoms with Crippen LogP contribution in [0.5, 0.6) is 0 Å². The van der Waals surface area contributed by atoms with Gasteiger partial charge in [-0.05, 0) is 32.0 Å². The number of non-ortho nitro benzene ring substituents is 1. The monoisotopic (exact) mass is 253 g/mol. The van der Waals surface area contributed by atoms with Crippen LogP contribution in [-0.4, -0.2) is 14.9 Å². The number of nitro groups is 1. The number of nitrogens with zero attached hydrogens (tertiary/aromatic N) is 3. The average molecular weight is 253 g/mol. The minimum absolute atomic E-state index is 0.0700. The minimum Gasteiger partial charge on any atom is -0.258 e. The van der Waals surface area contributed by atoms with Crippen molar-refractivity contribution in [3.63, 3.8) is 0 Å². The van der Waals surface area contributed by atoms with Gasteiger partial charge in [-0.1, -0.05) is 6.07 Å². The molecule has 94 valence electrons. The molecule has 0 bridgehead atoms. The normalized spacial score (nSPS) is 11.1. The fourth-order valence-electron chi connectivity index (χ4n) is 2.19. The molecule has 3 aromatic rings. The largest absolute Gasteiger partial charge is 0.279 e. The van der Waals surface area contributed by atoms with Gasteiger partial charge in [0.15, 0.2) is 0 Å². The van der Waals surface area contributed by atoms with E-state index < -0.39 is 0 Å². The van der Waals surface area contributed by atoms with Crippen molar-refractivity contribution in [1.29, 1.82) is 0 Å². The second-order valence-corrected chi connectivity index (χ2v) is 4.53. The molecule has 5 nitrogen and oxygen atoms in total. The maximum Gasteiger partial charge on any atom is 0.279 e. The second-order valence-electron chi connectivity index (χ2n) is 4.53. The number of aryl methyl sites for hydroxylation is 2. The lowest BCUT2D eigenvalue weighted by molar-refractivity contribution is -0.382. The van der Waals surface area contributed by atoms with Crippen molar-refractivity contribution in [2.24, 2.45) is 0 Å². The molecule has 0 saturated heterocycles. The molecule has 0 aliphatic rings. The van der Waals surface area contributed by atoms with E-state index in [-0.39, 0.29) is 10.6 Å². The zero-order valence-corrected chi connectivity index (χ0v) is 10.5. The Kier molecular flexibility index (Phi) is 2.41. The van der Waals surface area contributed by atoms with Gasteiger partial charge in [0.1, 0.15) is 5.52 Å². The molecule has 0 spiro atoms. The summed E-state index contributed by atoms with van der Waals surface area (Å²) >= 11 is 0. The molecular formula is C14H11N3O2. The average Bonchev–Trinajstić information content (AvgIpc) is 2.37. The molecule has 1 aromatic carbocycles. The highest BCUT2D eigenvalue weighted by atomic mass is 16.6. The van der Waals surface area contributed by atoms with Crippen molar-refractivity contribution < 1.29 is 4.92 Å². The molecule has 0 saturated carbocycles. The van der Waals surface area contributed by atoms with E-state index in [1.807, 2.05) is 26.0 Å². The minimum atomic E-state index is -0.376. The summed E-state index contributed by atoms with van der Waals surface area (Å²) in [5.74, 6) is 0. The zero-order chi connectivity index (χ0) is 13.6. The van der Waals surface area contributed by atoms with Crippen molar-refractivity contribution in [3.8, 4) is 0 Å². The summed E-state index contributed by atoms with van der Waals surface area (Å²) < 4.78 is 0. The first-order chi connectivity index (χ1) is 9.06. The third kappa shape index (κ3) is 1.79. The van der Waals surface area contributed by atoms with Crippen LogP contribution in [0.2, 0.25) is 0 Å². The van der Waals surface area contributed by atoms with Crippen LogP contribution in [0.15, 0.2) is 30.3 Å². The molecule has 0 unspecified atom stereocenters. The SMILES string of the molecule is Cc1ccc2cc([N+](=O)[O-])c3ccc(C)nc3c2n1. The lowest BCUT2D eigenvalue weighted by Gasteiger charge is -2.05. The topological polar surface area (TPSA) is 68.9 Å². The van der Waals surface area contributed by atoms with Gasteiger partial charge in [-0.2, -0.15) is 0 Å². The number of nitro benzene ring substituents is 1. The highest BCUT2D eigenvalue weighted by Gasteiger charge is 2.16. The molecule has 0 aliphatic carbocycles. The Bertz CT molecular complexity index is 828. The number of pyridine rings is 2. The van der Waals surface area contributed by atoms with Crippen molar-refractivity contribution >= 4 is 27.5 Å². The molecule has 3 rings (SSSR count). The van der Waals surface area contributed by atoms with Crippen LogP contribution in [-0.2, 0) is 0 Å². The molecule has 0 amide bonds. The van der Waals surface area contributed by atoms with Crippen molar-refractivity contribution in [2.75, 3.05) is 0 Å². The molecule has 0 aliphatic heterocycles. The predicted molar refractivity (Wildman–Crippen MR) is 73.2 cm³/mol. The van der Waals surface area contributed by atoms with E-state index in [2.05, 4.69) is 9.97 Å². The van der Waals surface area contributed by atoms with Gasteiger partial charge in [0.2, 0.25) is 0 Å². The number of rotatable bonds is 1. The first-order valence-corrected chi connectivity index (χ1v) is 5.88. The molecule has 2 aromatic heterocycles. The molecule has 19 heavy (non-hydrogen) atoms. The van der Waals surface area contributed by atoms with Crippen LogP contribution in [0.1, 0.15) is 11.4 Å². The lowest BCUT2D eigenvalue weighted by Crippen LogP contribution is -1.95. The Hall–Kier alpha value is -2.56. The van der Waals surface area contributed by atoms with E-state index in [9.17, 15) is 10.1 Å². The summed E-state index contributed by atoms with van der Waals surface area (Å²) in [4.78, 5) is 19.7. The Morgan fingerprint density at radius 3 is 2.32 bits per heavy atom. The van der Waals surface area contributed by atoms with Crippen molar-refractivity contribution in [1.82, 2.24) is 9.97 Å². The smallest absolute Gasteiger partial charge is 0.258 e. The van der Waals surface area contributed by atoms with Crippen LogP contribution in [0.25, 0.3) is 21.8 Å². The number of benzene rings is 1. The Morgan fingerprint density at radius 2 is 1.63 bits per heavy atom. The van der Waals surface area contributed by atoms with Gasteiger partial charge >= 0.3 is 0 Å². The van der Waals surface area contributed by atoms with E-state index in [1.54, 1.807) is 18.2 Å². The van der Waals surface area contributed by atoms with Crippen LogP contribution in [0.4, 0.5) is 5.69 Å². The standard InChI is InChI=1S/C14H11N3O2/c1-8-3-5-10-7-12(17(18)19)11-6-4-9(2)16-14(11)13(10)15-8/h3-7H,1-2H3. The van der Waals surface area contributed by atoms with Gasteiger partial charge in [-0.25, -0.2) is 0 Å². The molecule has 0 radical (unpaired) electrons. The first-order valence-electron chi connectivity index (χ1n) is 5.88. The van der Waals surface area contributed by atoms with Crippen LogP contribution in [0.3, 0.4) is 0 Å². The number of aromatic nitrogens is 2. The van der Waals surface area contributed by atoms with E-state index in [0.29, 0.717) is 16.4 Å². The second kappa shape index (κ2) is 3.98. The summed E-state index contributed by atoms with van der Waals surface area (Å²) in [5.41, 5.74) is 3.06. The fourth-order valence-corrected chi connectivity index (χ4v) is 2.19. The summed E-state index contributed by atoms with van der Waals surface area (Å²) in [6.45, 7) is 3.75. The highest BCUT2D eigenvalue weighted by molar-refractivity contribution is 6.07. The van der Waals surface area contributed by atoms with Gasteiger partial charge < -0.3 is 0 Å². The summed E-state index contributed by atoms with van der Waals surface area (Å²) in [6.07, 6.45) is 0. The third-order valence-corrected chi connectivity index (χ3v) is 3.09. The molecule has 0 fully saturated rings. The van der Waals surface area contributed by atoms with E-state index in [1.165, 1.54) is 0 Å². The number of hydrogen-bond acceptors (Lipinski definition) is 4. The van der Waals surface area contributed by atoms with Gasteiger partial charge in [-0.15, -0.1) is 0 Å². The van der Waals surface area contributed by atoms with Gasteiger partial charge in [0.25, 0.3) is 5.69 Å². The van der Waals surface area contributed by atoms with Crippen molar-refractivity contribution in [3.05, 3.63) is 51.8 Å². The van der Waals surface area contributed by atoms with Gasteiger partial charge in [0.05, 0.1) is 15.8 Å². The van der Waals surface area contributed by atoms with E-state index >= 15 is 0 Å². The zero-order valence-electron chi connectivity index (χ0n) is 10.5. The molecule has 0 N–H and O–H groups in total. The quantitative estimate of drug-likeness (QED) is 0.379. The van der Waals surface area contributed by atoms with E-state index in [4.69, 9.17) is 0 Å². The fraction of sp³-hybridized carbons (Fsp3) is 0.143. The summed E-state index contributed by atoms with van der Waals surface area (Å²) in [5, 5.41) is 12.4. The maximum atomic E-state index is 11.2. The molecule has 2 heterocycles. The summed E-state index contributed by atoms with van der Waals surface area (Å²) in [6, 6.07) is 8.75.